The Hall–Kier alpha value is -0.860. The molecule has 1 unspecified atom stereocenters. The third kappa shape index (κ3) is 5.06. The van der Waals surface area contributed by atoms with Crippen molar-refractivity contribution < 1.29 is 5.11 Å². The first-order valence-electron chi connectivity index (χ1n) is 9.29. The molecule has 1 aromatic carbocycles. The smallest absolute Gasteiger partial charge is 0.0771 e. The Labute approximate surface area is 142 Å². The predicted molar refractivity (Wildman–Crippen MR) is 98.5 cm³/mol. The normalized spacial score (nSPS) is 24.7. The average molecular weight is 318 g/mol. The second-order valence-electron chi connectivity index (χ2n) is 8.24. The number of rotatable bonds is 6. The van der Waals surface area contributed by atoms with E-state index in [0.29, 0.717) is 12.5 Å². The predicted octanol–water partition coefficient (Wildman–Crippen LogP) is 4.61. The number of benzene rings is 1. The van der Waals surface area contributed by atoms with Crippen molar-refractivity contribution in [1.82, 2.24) is 5.32 Å². The van der Waals surface area contributed by atoms with Gasteiger partial charge in [-0.3, -0.25) is 0 Å². The molecule has 2 heteroatoms. The summed E-state index contributed by atoms with van der Waals surface area (Å²) in [6.45, 7) is 12.5. The van der Waals surface area contributed by atoms with E-state index in [1.807, 2.05) is 6.92 Å². The molecular formula is C21H35NO. The third-order valence-corrected chi connectivity index (χ3v) is 5.98. The van der Waals surface area contributed by atoms with Gasteiger partial charge in [0, 0.05) is 13.1 Å². The van der Waals surface area contributed by atoms with Crippen LogP contribution in [0.5, 0.6) is 0 Å². The van der Waals surface area contributed by atoms with Crippen LogP contribution in [0.4, 0.5) is 0 Å². The van der Waals surface area contributed by atoms with Crippen molar-refractivity contribution in [2.45, 2.75) is 72.4 Å². The lowest BCUT2D eigenvalue weighted by molar-refractivity contribution is -0.0240. The summed E-state index contributed by atoms with van der Waals surface area (Å²) in [4.78, 5) is 0. The summed E-state index contributed by atoms with van der Waals surface area (Å²) < 4.78 is 0. The van der Waals surface area contributed by atoms with E-state index in [1.54, 1.807) is 0 Å². The van der Waals surface area contributed by atoms with Crippen LogP contribution in [-0.2, 0) is 6.54 Å². The molecule has 1 fully saturated rings. The fraction of sp³-hybridized carbons (Fsp3) is 0.714. The summed E-state index contributed by atoms with van der Waals surface area (Å²) >= 11 is 0. The Morgan fingerprint density at radius 1 is 1.13 bits per heavy atom. The first kappa shape index (κ1) is 18.5. The van der Waals surface area contributed by atoms with E-state index in [9.17, 15) is 5.11 Å². The summed E-state index contributed by atoms with van der Waals surface area (Å²) in [6, 6.07) is 6.60. The van der Waals surface area contributed by atoms with E-state index in [-0.39, 0.29) is 0 Å². The van der Waals surface area contributed by atoms with Crippen molar-refractivity contribution in [3.05, 3.63) is 34.9 Å². The van der Waals surface area contributed by atoms with Crippen LogP contribution in [0, 0.1) is 31.6 Å². The fourth-order valence-electron chi connectivity index (χ4n) is 3.93. The second kappa shape index (κ2) is 7.81. The molecule has 0 bridgehead atoms. The minimum Gasteiger partial charge on any atom is -0.389 e. The molecular weight excluding hydrogens is 282 g/mol. The molecule has 0 aliphatic heterocycles. The topological polar surface area (TPSA) is 32.3 Å². The standard InChI is InChI=1S/C21H35NO/c1-15(2)19-8-10-20(11-9-19)21(5,23)14-22-13-18-7-6-16(3)17(4)12-18/h6-7,12,15,19-20,22-23H,8-11,13-14H2,1-5H3. The third-order valence-electron chi connectivity index (χ3n) is 5.98. The van der Waals surface area contributed by atoms with Crippen molar-refractivity contribution >= 4 is 0 Å². The second-order valence-corrected chi connectivity index (χ2v) is 8.24. The fourth-order valence-corrected chi connectivity index (χ4v) is 3.93. The monoisotopic (exact) mass is 317 g/mol. The van der Waals surface area contributed by atoms with Gasteiger partial charge in [0.25, 0.3) is 0 Å². The molecule has 0 aromatic heterocycles. The zero-order valence-electron chi connectivity index (χ0n) is 15.7. The highest BCUT2D eigenvalue weighted by Gasteiger charge is 2.35. The van der Waals surface area contributed by atoms with Crippen molar-refractivity contribution in [2.24, 2.45) is 17.8 Å². The Morgan fingerprint density at radius 2 is 1.78 bits per heavy atom. The Morgan fingerprint density at radius 3 is 2.35 bits per heavy atom. The number of aliphatic hydroxyl groups is 1. The van der Waals surface area contributed by atoms with Gasteiger partial charge in [0.1, 0.15) is 0 Å². The molecule has 1 aliphatic carbocycles. The molecule has 0 saturated heterocycles. The lowest BCUT2D eigenvalue weighted by atomic mass is 9.71. The first-order chi connectivity index (χ1) is 10.8. The highest BCUT2D eigenvalue weighted by Crippen LogP contribution is 2.38. The van der Waals surface area contributed by atoms with Crippen LogP contribution < -0.4 is 5.32 Å². The van der Waals surface area contributed by atoms with Gasteiger partial charge in [-0.25, -0.2) is 0 Å². The summed E-state index contributed by atoms with van der Waals surface area (Å²) in [5.74, 6) is 2.07. The van der Waals surface area contributed by atoms with E-state index in [2.05, 4.69) is 51.2 Å². The Balaban J connectivity index is 1.81. The molecule has 1 aromatic rings. The van der Waals surface area contributed by atoms with Crippen LogP contribution in [0.15, 0.2) is 18.2 Å². The van der Waals surface area contributed by atoms with Gasteiger partial charge in [-0.15, -0.1) is 0 Å². The van der Waals surface area contributed by atoms with Gasteiger partial charge in [-0.05, 0) is 80.9 Å². The molecule has 23 heavy (non-hydrogen) atoms. The Kier molecular flexibility index (Phi) is 6.27. The van der Waals surface area contributed by atoms with E-state index in [4.69, 9.17) is 0 Å². The molecule has 130 valence electrons. The van der Waals surface area contributed by atoms with Gasteiger partial charge >= 0.3 is 0 Å². The molecule has 1 aliphatic rings. The number of nitrogens with one attached hydrogen (secondary N) is 1. The minimum absolute atomic E-state index is 0.435. The zero-order valence-corrected chi connectivity index (χ0v) is 15.7. The van der Waals surface area contributed by atoms with Gasteiger partial charge in [0.05, 0.1) is 5.60 Å². The molecule has 2 rings (SSSR count). The van der Waals surface area contributed by atoms with Crippen LogP contribution in [0.2, 0.25) is 0 Å². The quantitative estimate of drug-likeness (QED) is 0.803. The molecule has 0 spiro atoms. The highest BCUT2D eigenvalue weighted by atomic mass is 16.3. The molecule has 0 heterocycles. The van der Waals surface area contributed by atoms with Crippen molar-refractivity contribution in [2.75, 3.05) is 6.54 Å². The summed E-state index contributed by atoms with van der Waals surface area (Å²) in [5, 5.41) is 14.3. The molecule has 0 radical (unpaired) electrons. The van der Waals surface area contributed by atoms with E-state index in [0.717, 1.165) is 18.4 Å². The molecule has 0 amide bonds. The zero-order chi connectivity index (χ0) is 17.0. The molecule has 1 saturated carbocycles. The van der Waals surface area contributed by atoms with E-state index in [1.165, 1.54) is 42.4 Å². The highest BCUT2D eigenvalue weighted by molar-refractivity contribution is 5.29. The van der Waals surface area contributed by atoms with Crippen LogP contribution >= 0.6 is 0 Å². The van der Waals surface area contributed by atoms with Gasteiger partial charge in [-0.1, -0.05) is 32.0 Å². The van der Waals surface area contributed by atoms with Gasteiger partial charge in [0.2, 0.25) is 0 Å². The van der Waals surface area contributed by atoms with Crippen molar-refractivity contribution in [1.29, 1.82) is 0 Å². The van der Waals surface area contributed by atoms with Crippen molar-refractivity contribution in [3.8, 4) is 0 Å². The maximum atomic E-state index is 10.9. The van der Waals surface area contributed by atoms with Gasteiger partial charge in [0.15, 0.2) is 0 Å². The van der Waals surface area contributed by atoms with Gasteiger partial charge in [-0.2, -0.15) is 0 Å². The van der Waals surface area contributed by atoms with E-state index >= 15 is 0 Å². The maximum Gasteiger partial charge on any atom is 0.0771 e. The molecule has 1 atom stereocenters. The number of aryl methyl sites for hydroxylation is 2. The summed E-state index contributed by atoms with van der Waals surface area (Å²) in [6.07, 6.45) is 4.88. The SMILES string of the molecule is Cc1ccc(CNCC(C)(O)C2CCC(C(C)C)CC2)cc1C. The van der Waals surface area contributed by atoms with Crippen LogP contribution in [-0.4, -0.2) is 17.3 Å². The minimum atomic E-state index is -0.596. The summed E-state index contributed by atoms with van der Waals surface area (Å²) in [5.41, 5.74) is 3.37. The average Bonchev–Trinajstić information content (AvgIpc) is 2.51. The lowest BCUT2D eigenvalue weighted by Gasteiger charge is -2.39. The largest absolute Gasteiger partial charge is 0.389 e. The van der Waals surface area contributed by atoms with Crippen LogP contribution in [0.1, 0.15) is 63.1 Å². The lowest BCUT2D eigenvalue weighted by Crippen LogP contribution is -2.45. The molecule has 2 nitrogen and oxygen atoms in total. The van der Waals surface area contributed by atoms with E-state index < -0.39 is 5.60 Å². The first-order valence-corrected chi connectivity index (χ1v) is 9.29. The van der Waals surface area contributed by atoms with Crippen LogP contribution in [0.3, 0.4) is 0 Å². The van der Waals surface area contributed by atoms with Crippen molar-refractivity contribution in [3.63, 3.8) is 0 Å². The summed E-state index contributed by atoms with van der Waals surface area (Å²) in [7, 11) is 0. The number of hydrogen-bond acceptors (Lipinski definition) is 2. The number of hydrogen-bond donors (Lipinski definition) is 2. The Bertz CT molecular complexity index is 499. The van der Waals surface area contributed by atoms with Gasteiger partial charge < -0.3 is 10.4 Å². The molecule has 2 N–H and O–H groups in total. The maximum absolute atomic E-state index is 10.9. The van der Waals surface area contributed by atoms with Crippen LogP contribution in [0.25, 0.3) is 0 Å².